The van der Waals surface area contributed by atoms with Crippen LogP contribution < -0.4 is 5.32 Å². The summed E-state index contributed by atoms with van der Waals surface area (Å²) in [5, 5.41) is 3.11. The second kappa shape index (κ2) is 6.13. The molecular weight excluding hydrogens is 273 g/mol. The summed E-state index contributed by atoms with van der Waals surface area (Å²) in [5.41, 5.74) is -0.184. The van der Waals surface area contributed by atoms with E-state index in [1.54, 1.807) is 4.90 Å². The molecule has 0 bridgehead atoms. The number of nitrogens with one attached hydrogen (secondary N) is 1. The van der Waals surface area contributed by atoms with Crippen molar-refractivity contribution in [2.24, 2.45) is 0 Å². The van der Waals surface area contributed by atoms with Crippen molar-refractivity contribution in [3.63, 3.8) is 0 Å². The number of hydrogen-bond acceptors (Lipinski definition) is 3. The number of rotatable bonds is 2. The molecule has 110 valence electrons. The number of halogens is 3. The molecule has 1 aliphatic heterocycles. The van der Waals surface area contributed by atoms with Gasteiger partial charge in [0.1, 0.15) is 6.61 Å². The van der Waals surface area contributed by atoms with E-state index in [1.165, 1.54) is 12.1 Å². The van der Waals surface area contributed by atoms with Gasteiger partial charge in [-0.15, -0.1) is 0 Å². The molecule has 1 heterocycles. The van der Waals surface area contributed by atoms with Gasteiger partial charge in [0.05, 0.1) is 5.56 Å². The average molecular weight is 288 g/mol. The Labute approximate surface area is 114 Å². The van der Waals surface area contributed by atoms with Gasteiger partial charge in [-0.1, -0.05) is 12.1 Å². The molecular formula is C13H15F3N2O2. The van der Waals surface area contributed by atoms with E-state index in [2.05, 4.69) is 5.32 Å². The first-order valence-corrected chi connectivity index (χ1v) is 6.25. The summed E-state index contributed by atoms with van der Waals surface area (Å²) >= 11 is 0. The third-order valence-electron chi connectivity index (χ3n) is 3.02. The van der Waals surface area contributed by atoms with Gasteiger partial charge in [0, 0.05) is 26.2 Å². The summed E-state index contributed by atoms with van der Waals surface area (Å²) in [6.07, 6.45) is -4.79. The first-order chi connectivity index (χ1) is 9.47. The van der Waals surface area contributed by atoms with Crippen LogP contribution in [0.2, 0.25) is 0 Å². The normalized spacial score (nSPS) is 16.1. The lowest BCUT2D eigenvalue weighted by molar-refractivity contribution is -0.137. The van der Waals surface area contributed by atoms with Crippen LogP contribution in [0, 0.1) is 0 Å². The minimum absolute atomic E-state index is 0.0269. The van der Waals surface area contributed by atoms with E-state index in [0.29, 0.717) is 18.7 Å². The van der Waals surface area contributed by atoms with Crippen LogP contribution >= 0.6 is 0 Å². The Morgan fingerprint density at radius 1 is 1.20 bits per heavy atom. The van der Waals surface area contributed by atoms with Gasteiger partial charge in [0.15, 0.2) is 0 Å². The molecule has 0 aromatic heterocycles. The number of carbonyl (C=O) groups excluding carboxylic acids is 1. The average Bonchev–Trinajstić information content (AvgIpc) is 2.45. The molecule has 20 heavy (non-hydrogen) atoms. The van der Waals surface area contributed by atoms with Crippen molar-refractivity contribution in [1.82, 2.24) is 10.2 Å². The van der Waals surface area contributed by atoms with Gasteiger partial charge < -0.3 is 15.0 Å². The van der Waals surface area contributed by atoms with Crippen molar-refractivity contribution in [3.05, 3.63) is 35.4 Å². The number of benzene rings is 1. The highest BCUT2D eigenvalue weighted by atomic mass is 19.4. The number of alkyl halides is 3. The Morgan fingerprint density at radius 2 is 1.80 bits per heavy atom. The van der Waals surface area contributed by atoms with Gasteiger partial charge in [-0.2, -0.15) is 13.2 Å². The van der Waals surface area contributed by atoms with Crippen LogP contribution in [0.5, 0.6) is 0 Å². The minimum atomic E-state index is -4.35. The maximum atomic E-state index is 12.4. The zero-order valence-electron chi connectivity index (χ0n) is 10.7. The summed E-state index contributed by atoms with van der Waals surface area (Å²) in [5.74, 6) is 0. The van der Waals surface area contributed by atoms with E-state index in [-0.39, 0.29) is 6.61 Å². The first-order valence-electron chi connectivity index (χ1n) is 6.25. The maximum Gasteiger partial charge on any atom is 0.416 e. The Morgan fingerprint density at radius 3 is 2.35 bits per heavy atom. The SMILES string of the molecule is O=C(OCc1ccc(C(F)(F)F)cc1)N1CCNCC1. The molecule has 1 fully saturated rings. The molecule has 1 aliphatic rings. The highest BCUT2D eigenvalue weighted by Crippen LogP contribution is 2.29. The highest BCUT2D eigenvalue weighted by Gasteiger charge is 2.30. The Kier molecular flexibility index (Phi) is 4.49. The van der Waals surface area contributed by atoms with Gasteiger partial charge in [0.25, 0.3) is 0 Å². The molecule has 7 heteroatoms. The Hall–Kier alpha value is -1.76. The fourth-order valence-corrected chi connectivity index (χ4v) is 1.87. The highest BCUT2D eigenvalue weighted by molar-refractivity contribution is 5.67. The number of amides is 1. The van der Waals surface area contributed by atoms with E-state index >= 15 is 0 Å². The monoisotopic (exact) mass is 288 g/mol. The molecule has 1 aromatic rings. The second-order valence-corrected chi connectivity index (χ2v) is 4.49. The van der Waals surface area contributed by atoms with E-state index in [0.717, 1.165) is 25.2 Å². The standard InChI is InChI=1S/C13H15F3N2O2/c14-13(15,16)11-3-1-10(2-4-11)9-20-12(19)18-7-5-17-6-8-18/h1-4,17H,5-9H2. The lowest BCUT2D eigenvalue weighted by atomic mass is 10.1. The van der Waals surface area contributed by atoms with Crippen LogP contribution in [-0.2, 0) is 17.5 Å². The fourth-order valence-electron chi connectivity index (χ4n) is 1.87. The maximum absolute atomic E-state index is 12.4. The molecule has 4 nitrogen and oxygen atoms in total. The predicted molar refractivity (Wildman–Crippen MR) is 66.1 cm³/mol. The zero-order valence-corrected chi connectivity index (χ0v) is 10.7. The quantitative estimate of drug-likeness (QED) is 0.907. The largest absolute Gasteiger partial charge is 0.445 e. The van der Waals surface area contributed by atoms with E-state index in [9.17, 15) is 18.0 Å². The summed E-state index contributed by atoms with van der Waals surface area (Å²) in [7, 11) is 0. The molecule has 1 aromatic carbocycles. The smallest absolute Gasteiger partial charge is 0.416 e. The van der Waals surface area contributed by atoms with Crippen molar-refractivity contribution in [3.8, 4) is 0 Å². The Balaban J connectivity index is 1.86. The summed E-state index contributed by atoms with van der Waals surface area (Å²) in [4.78, 5) is 13.3. The number of carbonyl (C=O) groups is 1. The van der Waals surface area contributed by atoms with Crippen molar-refractivity contribution in [2.75, 3.05) is 26.2 Å². The van der Waals surface area contributed by atoms with Gasteiger partial charge in [-0.3, -0.25) is 0 Å². The lowest BCUT2D eigenvalue weighted by Crippen LogP contribution is -2.46. The van der Waals surface area contributed by atoms with Gasteiger partial charge in [-0.25, -0.2) is 4.79 Å². The Bertz CT molecular complexity index is 454. The molecule has 0 spiro atoms. The van der Waals surface area contributed by atoms with Gasteiger partial charge >= 0.3 is 12.3 Å². The van der Waals surface area contributed by atoms with Crippen LogP contribution in [0.25, 0.3) is 0 Å². The number of nitrogens with zero attached hydrogens (tertiary/aromatic N) is 1. The van der Waals surface area contributed by atoms with E-state index in [4.69, 9.17) is 4.74 Å². The second-order valence-electron chi connectivity index (χ2n) is 4.49. The third-order valence-corrected chi connectivity index (χ3v) is 3.02. The molecule has 1 amide bonds. The molecule has 0 aliphatic carbocycles. The van der Waals surface area contributed by atoms with Crippen molar-refractivity contribution < 1.29 is 22.7 Å². The van der Waals surface area contributed by atoms with Crippen molar-refractivity contribution in [2.45, 2.75) is 12.8 Å². The molecule has 0 unspecified atom stereocenters. The molecule has 0 saturated carbocycles. The molecule has 1 saturated heterocycles. The first kappa shape index (κ1) is 14.6. The van der Waals surface area contributed by atoms with Crippen LogP contribution in [0.4, 0.5) is 18.0 Å². The molecule has 1 N–H and O–H groups in total. The number of hydrogen-bond donors (Lipinski definition) is 1. The third kappa shape index (κ3) is 3.86. The van der Waals surface area contributed by atoms with Crippen LogP contribution in [0.15, 0.2) is 24.3 Å². The van der Waals surface area contributed by atoms with E-state index in [1.807, 2.05) is 0 Å². The summed E-state index contributed by atoms with van der Waals surface area (Å²) in [6, 6.07) is 4.59. The van der Waals surface area contributed by atoms with Gasteiger partial charge in [0.2, 0.25) is 0 Å². The predicted octanol–water partition coefficient (Wildman–Crippen LogP) is 2.25. The minimum Gasteiger partial charge on any atom is -0.445 e. The molecule has 2 rings (SSSR count). The van der Waals surface area contributed by atoms with Crippen molar-refractivity contribution >= 4 is 6.09 Å². The topological polar surface area (TPSA) is 41.6 Å². The lowest BCUT2D eigenvalue weighted by Gasteiger charge is -2.26. The van der Waals surface area contributed by atoms with Crippen molar-refractivity contribution in [1.29, 1.82) is 0 Å². The number of ether oxygens (including phenoxy) is 1. The summed E-state index contributed by atoms with van der Waals surface area (Å²) in [6.45, 7) is 2.56. The van der Waals surface area contributed by atoms with Gasteiger partial charge in [-0.05, 0) is 17.7 Å². The van der Waals surface area contributed by atoms with Crippen LogP contribution in [0.1, 0.15) is 11.1 Å². The zero-order chi connectivity index (χ0) is 14.6. The number of piperazine rings is 1. The van der Waals surface area contributed by atoms with E-state index < -0.39 is 17.8 Å². The summed E-state index contributed by atoms with van der Waals surface area (Å²) < 4.78 is 42.2. The molecule has 0 atom stereocenters. The molecule has 0 radical (unpaired) electrons. The van der Waals surface area contributed by atoms with Crippen LogP contribution in [0.3, 0.4) is 0 Å². The van der Waals surface area contributed by atoms with Crippen LogP contribution in [-0.4, -0.2) is 37.2 Å². The fraction of sp³-hybridized carbons (Fsp3) is 0.462.